The molecule has 206 valence electrons. The van der Waals surface area contributed by atoms with Gasteiger partial charge in [0.15, 0.2) is 15.7 Å². The summed E-state index contributed by atoms with van der Waals surface area (Å²) in [5.41, 5.74) is 7.75. The Morgan fingerprint density at radius 3 is 2.53 bits per heavy atom. The molecule has 2 aromatic heterocycles. The summed E-state index contributed by atoms with van der Waals surface area (Å²) >= 11 is 8.13. The van der Waals surface area contributed by atoms with Gasteiger partial charge >= 0.3 is 0 Å². The zero-order valence-corrected chi connectivity index (χ0v) is 23.9. The van der Waals surface area contributed by atoms with Gasteiger partial charge in [-0.05, 0) is 39.2 Å². The van der Waals surface area contributed by atoms with Crippen LogP contribution in [0.4, 0.5) is 11.6 Å². The molecule has 13 heteroatoms. The molecular weight excluding hydrogens is 548 g/mol. The van der Waals surface area contributed by atoms with Gasteiger partial charge in [0, 0.05) is 48.7 Å². The van der Waals surface area contributed by atoms with Crippen LogP contribution >= 0.6 is 23.4 Å². The summed E-state index contributed by atoms with van der Waals surface area (Å²) in [5, 5.41) is 11.3. The van der Waals surface area contributed by atoms with Gasteiger partial charge in [-0.25, -0.2) is 23.4 Å². The number of aliphatic hydroxyl groups excluding tert-OH is 1. The molecule has 6 rings (SSSR count). The zero-order chi connectivity index (χ0) is 26.9. The van der Waals surface area contributed by atoms with Crippen LogP contribution in [0.25, 0.3) is 0 Å². The molecule has 0 saturated carbocycles. The van der Waals surface area contributed by atoms with Crippen LogP contribution in [-0.2, 0) is 21.2 Å². The van der Waals surface area contributed by atoms with Crippen molar-refractivity contribution in [2.75, 3.05) is 48.3 Å². The molecule has 0 radical (unpaired) electrons. The highest BCUT2D eigenvalue weighted by atomic mass is 35.5. The molecule has 4 saturated heterocycles. The quantitative estimate of drug-likeness (QED) is 0.538. The molecule has 2 aromatic rings. The van der Waals surface area contributed by atoms with Gasteiger partial charge in [-0.3, -0.25) is 0 Å². The predicted octanol–water partition coefficient (Wildman–Crippen LogP) is 2.19. The lowest BCUT2D eigenvalue weighted by molar-refractivity contribution is 0.0973. The van der Waals surface area contributed by atoms with Crippen LogP contribution in [0.2, 0.25) is 5.02 Å². The lowest BCUT2D eigenvalue weighted by Crippen LogP contribution is -2.72. The summed E-state index contributed by atoms with van der Waals surface area (Å²) in [6.07, 6.45) is 4.27. The summed E-state index contributed by atoms with van der Waals surface area (Å²) in [6.45, 7) is 6.82. The van der Waals surface area contributed by atoms with Gasteiger partial charge in [-0.1, -0.05) is 23.4 Å². The van der Waals surface area contributed by atoms with Gasteiger partial charge < -0.3 is 25.4 Å². The summed E-state index contributed by atoms with van der Waals surface area (Å²) in [4.78, 5) is 18.9. The van der Waals surface area contributed by atoms with Crippen molar-refractivity contribution < 1.29 is 18.3 Å². The van der Waals surface area contributed by atoms with Crippen molar-refractivity contribution >= 4 is 44.8 Å². The minimum absolute atomic E-state index is 0.00227. The Morgan fingerprint density at radius 1 is 1.21 bits per heavy atom. The van der Waals surface area contributed by atoms with E-state index in [1.807, 2.05) is 24.8 Å². The molecule has 38 heavy (non-hydrogen) atoms. The molecule has 0 amide bonds. The Morgan fingerprint density at radius 2 is 1.95 bits per heavy atom. The van der Waals surface area contributed by atoms with Gasteiger partial charge in [0.1, 0.15) is 21.3 Å². The molecule has 0 bridgehead atoms. The number of rotatable bonds is 5. The van der Waals surface area contributed by atoms with E-state index in [9.17, 15) is 13.5 Å². The fraction of sp³-hybridized carbons (Fsp3) is 0.640. The first-order valence-electron chi connectivity index (χ1n) is 13.0. The molecule has 4 aliphatic heterocycles. The van der Waals surface area contributed by atoms with Crippen LogP contribution in [0.15, 0.2) is 22.2 Å². The van der Waals surface area contributed by atoms with Crippen LogP contribution in [0.1, 0.15) is 37.6 Å². The van der Waals surface area contributed by atoms with E-state index in [2.05, 4.69) is 9.88 Å². The van der Waals surface area contributed by atoms with Crippen molar-refractivity contribution in [2.45, 2.75) is 66.5 Å². The van der Waals surface area contributed by atoms with Crippen LogP contribution in [-0.4, -0.2) is 83.9 Å². The van der Waals surface area contributed by atoms with E-state index in [-0.39, 0.29) is 29.9 Å². The minimum atomic E-state index is -3.01. The monoisotopic (exact) mass is 580 g/mol. The molecule has 3 N–H and O–H groups in total. The number of nitrogens with zero attached hydrogens (tertiary/aromatic N) is 5. The molecule has 10 nitrogen and oxygen atoms in total. The number of aryl methyl sites for hydroxylation is 1. The van der Waals surface area contributed by atoms with Gasteiger partial charge in [0.2, 0.25) is 0 Å². The molecule has 4 fully saturated rings. The van der Waals surface area contributed by atoms with Gasteiger partial charge in [0.25, 0.3) is 0 Å². The molecule has 0 unspecified atom stereocenters. The number of ether oxygens (including phenoxy) is 1. The van der Waals surface area contributed by atoms with E-state index in [4.69, 9.17) is 32.0 Å². The van der Waals surface area contributed by atoms with Crippen LogP contribution in [0, 0.1) is 12.3 Å². The first kappa shape index (κ1) is 26.5. The van der Waals surface area contributed by atoms with Gasteiger partial charge in [-0.2, -0.15) is 0 Å². The Hall–Kier alpha value is -1.70. The normalized spacial score (nSPS) is 27.0. The molecule has 6 heterocycles. The van der Waals surface area contributed by atoms with Crippen molar-refractivity contribution in [2.24, 2.45) is 11.1 Å². The summed E-state index contributed by atoms with van der Waals surface area (Å²) in [5.74, 6) is 1.55. The van der Waals surface area contributed by atoms with Crippen molar-refractivity contribution in [3.05, 3.63) is 28.7 Å². The molecule has 4 aliphatic rings. The Balaban J connectivity index is 1.19. The Labute approximate surface area is 232 Å². The number of aromatic nitrogens is 3. The number of piperidine rings is 1. The highest BCUT2D eigenvalue weighted by Crippen LogP contribution is 2.47. The summed E-state index contributed by atoms with van der Waals surface area (Å²) < 4.78 is 29.6. The number of hydrogen-bond acceptors (Lipinski definition) is 11. The third-order valence-corrected chi connectivity index (χ3v) is 13.1. The van der Waals surface area contributed by atoms with E-state index in [1.54, 1.807) is 6.20 Å². The number of aliphatic hydroxyl groups is 1. The maximum atomic E-state index is 12.2. The average molecular weight is 581 g/mol. The second-order valence-corrected chi connectivity index (χ2v) is 15.0. The number of nitrogens with two attached hydrogens (primary N) is 1. The summed E-state index contributed by atoms with van der Waals surface area (Å²) in [7, 11) is -3.01. The lowest BCUT2D eigenvalue weighted by atomic mass is 9.73. The summed E-state index contributed by atoms with van der Waals surface area (Å²) in [6, 6.07) is 1.85. The fourth-order valence-corrected chi connectivity index (χ4v) is 9.18. The highest BCUT2D eigenvalue weighted by molar-refractivity contribution is 7.99. The van der Waals surface area contributed by atoms with E-state index in [1.165, 1.54) is 11.8 Å². The van der Waals surface area contributed by atoms with Gasteiger partial charge in [-0.15, -0.1) is 0 Å². The van der Waals surface area contributed by atoms with Crippen LogP contribution in [0.5, 0.6) is 0 Å². The van der Waals surface area contributed by atoms with Crippen LogP contribution in [0.3, 0.4) is 0 Å². The third kappa shape index (κ3) is 4.10. The topological polar surface area (TPSA) is 135 Å². The van der Waals surface area contributed by atoms with E-state index in [0.29, 0.717) is 53.5 Å². The maximum Gasteiger partial charge on any atom is 0.159 e. The average Bonchev–Trinajstić information content (AvgIpc) is 3.14. The number of pyridine rings is 1. The molecule has 0 aliphatic carbocycles. The molecule has 0 aromatic carbocycles. The lowest BCUT2D eigenvalue weighted by Gasteiger charge is -2.54. The fourth-order valence-electron chi connectivity index (χ4n) is 6.15. The van der Waals surface area contributed by atoms with E-state index in [0.717, 1.165) is 36.5 Å². The molecule has 2 atom stereocenters. The third-order valence-electron chi connectivity index (χ3n) is 8.92. The SMILES string of the molecule is Cc1nc(N2CCC3(CC2)CO[C@@H](C)[C@H]3N)c(CO)nc1Sc1ccnc(N2CC3(CCS3(=O)=O)C2)c1Cl. The molecule has 2 spiro atoms. The van der Waals surface area contributed by atoms with Crippen molar-refractivity contribution in [3.63, 3.8) is 0 Å². The second kappa shape index (κ2) is 9.45. The van der Waals surface area contributed by atoms with Crippen molar-refractivity contribution in [1.29, 1.82) is 0 Å². The number of sulfone groups is 1. The first-order valence-corrected chi connectivity index (χ1v) is 15.8. The zero-order valence-electron chi connectivity index (χ0n) is 21.6. The van der Waals surface area contributed by atoms with E-state index < -0.39 is 14.6 Å². The minimum Gasteiger partial charge on any atom is -0.390 e. The Kier molecular flexibility index (Phi) is 6.59. The standard InChI is InChI=1S/C25H33ClN6O4S2/c1-15-23(37-18-3-7-28-22(19(18)26)32-12-25(13-32)6-10-38(25,34)35)30-17(11-33)21(29-15)31-8-4-24(5-9-31)14-36-16(2)20(24)27/h3,7,16,20,33H,4-6,8-14,27H2,1-2H3/t16-,20+/m0/s1. The smallest absolute Gasteiger partial charge is 0.159 e. The van der Waals surface area contributed by atoms with Crippen LogP contribution < -0.4 is 15.5 Å². The number of hydrogen-bond donors (Lipinski definition) is 2. The second-order valence-electron chi connectivity index (χ2n) is 11.1. The molecular formula is C25H33ClN6O4S2. The predicted molar refractivity (Wildman–Crippen MR) is 147 cm³/mol. The largest absolute Gasteiger partial charge is 0.390 e. The van der Waals surface area contributed by atoms with Crippen molar-refractivity contribution in [3.8, 4) is 0 Å². The van der Waals surface area contributed by atoms with Gasteiger partial charge in [0.05, 0.1) is 35.8 Å². The number of anilines is 2. The number of halogens is 1. The van der Waals surface area contributed by atoms with E-state index >= 15 is 0 Å². The van der Waals surface area contributed by atoms with Crippen molar-refractivity contribution in [1.82, 2.24) is 15.0 Å². The Bertz CT molecular complexity index is 1360. The first-order chi connectivity index (χ1) is 18.1. The maximum absolute atomic E-state index is 12.2. The highest BCUT2D eigenvalue weighted by Gasteiger charge is 2.60.